The van der Waals surface area contributed by atoms with E-state index in [1.807, 2.05) is 36.4 Å². The number of pyridine rings is 1. The molecule has 188 valence electrons. The Morgan fingerprint density at radius 2 is 1.30 bits per heavy atom. The zero-order valence-corrected chi connectivity index (χ0v) is 22.0. The van der Waals surface area contributed by atoms with E-state index in [9.17, 15) is 5.26 Å². The minimum atomic E-state index is 0.633. The molecule has 0 atom stereocenters. The van der Waals surface area contributed by atoms with Crippen LogP contribution in [0.1, 0.15) is 11.1 Å². The second-order valence-corrected chi connectivity index (χ2v) is 10.1. The second-order valence-electron chi connectivity index (χ2n) is 10.1. The molecular weight excluding hydrogens is 486 g/mol. The highest BCUT2D eigenvalue weighted by molar-refractivity contribution is 6.14. The van der Waals surface area contributed by atoms with Gasteiger partial charge in [0, 0.05) is 39.9 Å². The third-order valence-corrected chi connectivity index (χ3v) is 7.60. The van der Waals surface area contributed by atoms with Crippen molar-refractivity contribution >= 4 is 21.8 Å². The lowest BCUT2D eigenvalue weighted by Gasteiger charge is -2.19. The lowest BCUT2D eigenvalue weighted by atomic mass is 9.93. The number of nitrogens with zero attached hydrogens (tertiary/aromatic N) is 3. The number of benzene rings is 5. The molecule has 0 saturated carbocycles. The summed E-state index contributed by atoms with van der Waals surface area (Å²) in [6.07, 6.45) is 3.55. The summed E-state index contributed by atoms with van der Waals surface area (Å²) in [5, 5.41) is 12.7. The molecule has 7 rings (SSSR count). The van der Waals surface area contributed by atoms with Crippen molar-refractivity contribution in [3.05, 3.63) is 145 Å². The van der Waals surface area contributed by atoms with Gasteiger partial charge in [-0.3, -0.25) is 4.98 Å². The number of hydrogen-bond donors (Lipinski definition) is 0. The minimum Gasteiger partial charge on any atom is -0.308 e. The van der Waals surface area contributed by atoms with Gasteiger partial charge >= 0.3 is 0 Å². The third-order valence-electron chi connectivity index (χ3n) is 7.60. The summed E-state index contributed by atoms with van der Waals surface area (Å²) in [4.78, 5) is 4.21. The Morgan fingerprint density at radius 1 is 0.600 bits per heavy atom. The molecule has 0 radical (unpaired) electrons. The van der Waals surface area contributed by atoms with Crippen LogP contribution in [0.5, 0.6) is 0 Å². The van der Waals surface area contributed by atoms with Gasteiger partial charge in [-0.05, 0) is 53.9 Å². The predicted octanol–water partition coefficient (Wildman–Crippen LogP) is 9.36. The number of aryl methyl sites for hydroxylation is 1. The third kappa shape index (κ3) is 3.86. The summed E-state index contributed by atoms with van der Waals surface area (Å²) < 4.78 is 2.39. The van der Waals surface area contributed by atoms with Crippen LogP contribution >= 0.6 is 0 Å². The molecule has 0 aliphatic carbocycles. The standard InChI is InChI=1S/C37H25N3/c1-25-9-7-12-28(21-25)30-14-8-15-32-31-13-5-6-16-35(31)40(37(30)32)36-23-33(27-17-19-39-20-18-27)29(24-38)22-34(36)26-10-3-2-4-11-26/h2-23H,1H3. The van der Waals surface area contributed by atoms with E-state index in [0.717, 1.165) is 39.0 Å². The Morgan fingerprint density at radius 3 is 2.10 bits per heavy atom. The fourth-order valence-corrected chi connectivity index (χ4v) is 5.80. The van der Waals surface area contributed by atoms with Crippen LogP contribution in [0.4, 0.5) is 0 Å². The Labute approximate surface area is 233 Å². The average molecular weight is 512 g/mol. The first-order valence-electron chi connectivity index (χ1n) is 13.4. The van der Waals surface area contributed by atoms with Crippen molar-refractivity contribution in [2.75, 3.05) is 0 Å². The van der Waals surface area contributed by atoms with E-state index in [4.69, 9.17) is 0 Å². The molecule has 0 bridgehead atoms. The Balaban J connectivity index is 1.67. The van der Waals surface area contributed by atoms with Crippen molar-refractivity contribution in [1.29, 1.82) is 5.26 Å². The highest BCUT2D eigenvalue weighted by Gasteiger charge is 2.21. The molecule has 0 fully saturated rings. The summed E-state index contributed by atoms with van der Waals surface area (Å²) in [6.45, 7) is 2.13. The number of fused-ring (bicyclic) bond motifs is 3. The molecule has 0 aliphatic rings. The monoisotopic (exact) mass is 511 g/mol. The zero-order chi connectivity index (χ0) is 27.1. The van der Waals surface area contributed by atoms with Gasteiger partial charge in [0.25, 0.3) is 0 Å². The molecule has 0 saturated heterocycles. The van der Waals surface area contributed by atoms with Gasteiger partial charge < -0.3 is 4.57 Å². The van der Waals surface area contributed by atoms with Crippen molar-refractivity contribution < 1.29 is 0 Å². The first kappa shape index (κ1) is 23.6. The van der Waals surface area contributed by atoms with Crippen LogP contribution in [0, 0.1) is 18.3 Å². The molecule has 0 amide bonds. The van der Waals surface area contributed by atoms with E-state index in [1.54, 1.807) is 12.4 Å². The molecule has 7 aromatic rings. The summed E-state index contributed by atoms with van der Waals surface area (Å²) in [7, 11) is 0. The minimum absolute atomic E-state index is 0.633. The molecule has 0 spiro atoms. The molecule has 3 heteroatoms. The van der Waals surface area contributed by atoms with E-state index >= 15 is 0 Å². The van der Waals surface area contributed by atoms with Gasteiger partial charge in [-0.1, -0.05) is 96.6 Å². The predicted molar refractivity (Wildman–Crippen MR) is 164 cm³/mol. The van der Waals surface area contributed by atoms with E-state index in [2.05, 4.69) is 107 Å². The summed E-state index contributed by atoms with van der Waals surface area (Å²) in [6, 6.07) is 44.8. The van der Waals surface area contributed by atoms with Crippen molar-refractivity contribution in [2.24, 2.45) is 0 Å². The SMILES string of the molecule is Cc1cccc(-c2cccc3c4ccccc4n(-c4cc(-c5ccncc5)c(C#N)cc4-c4ccccc4)c23)c1. The van der Waals surface area contributed by atoms with Crippen molar-refractivity contribution in [2.45, 2.75) is 6.92 Å². The van der Waals surface area contributed by atoms with Crippen LogP contribution in [-0.2, 0) is 0 Å². The zero-order valence-electron chi connectivity index (χ0n) is 22.0. The smallest absolute Gasteiger partial charge is 0.0998 e. The van der Waals surface area contributed by atoms with Crippen molar-refractivity contribution in [3.8, 4) is 45.1 Å². The first-order valence-corrected chi connectivity index (χ1v) is 13.4. The molecule has 40 heavy (non-hydrogen) atoms. The molecule has 2 heterocycles. The lowest BCUT2D eigenvalue weighted by Crippen LogP contribution is -2.01. The Bertz CT molecular complexity index is 2060. The second kappa shape index (κ2) is 9.69. The van der Waals surface area contributed by atoms with Crippen LogP contribution in [-0.4, -0.2) is 9.55 Å². The quantitative estimate of drug-likeness (QED) is 0.236. The van der Waals surface area contributed by atoms with Gasteiger partial charge in [-0.25, -0.2) is 0 Å². The molecule has 0 unspecified atom stereocenters. The average Bonchev–Trinajstić information content (AvgIpc) is 3.36. The van der Waals surface area contributed by atoms with Gasteiger partial charge in [0.2, 0.25) is 0 Å². The van der Waals surface area contributed by atoms with E-state index in [0.29, 0.717) is 5.56 Å². The lowest BCUT2D eigenvalue weighted by molar-refractivity contribution is 1.18. The van der Waals surface area contributed by atoms with Gasteiger partial charge in [-0.2, -0.15) is 5.26 Å². The van der Waals surface area contributed by atoms with Gasteiger partial charge in [-0.15, -0.1) is 0 Å². The highest BCUT2D eigenvalue weighted by Crippen LogP contribution is 2.42. The van der Waals surface area contributed by atoms with Crippen LogP contribution in [0.15, 0.2) is 134 Å². The molecule has 0 N–H and O–H groups in total. The molecule has 0 aliphatic heterocycles. The summed E-state index contributed by atoms with van der Waals surface area (Å²) >= 11 is 0. The molecular formula is C37H25N3. The highest BCUT2D eigenvalue weighted by atomic mass is 15.0. The van der Waals surface area contributed by atoms with Crippen LogP contribution < -0.4 is 0 Å². The van der Waals surface area contributed by atoms with Gasteiger partial charge in [0.15, 0.2) is 0 Å². The normalized spacial score (nSPS) is 11.1. The Kier molecular flexibility index (Phi) is 5.73. The maximum Gasteiger partial charge on any atom is 0.0998 e. The number of hydrogen-bond acceptors (Lipinski definition) is 2. The van der Waals surface area contributed by atoms with E-state index in [1.165, 1.54) is 27.5 Å². The number of rotatable bonds is 4. The maximum atomic E-state index is 10.3. The van der Waals surface area contributed by atoms with Crippen LogP contribution in [0.3, 0.4) is 0 Å². The van der Waals surface area contributed by atoms with Crippen molar-refractivity contribution in [1.82, 2.24) is 9.55 Å². The van der Waals surface area contributed by atoms with Gasteiger partial charge in [0.1, 0.15) is 0 Å². The van der Waals surface area contributed by atoms with E-state index < -0.39 is 0 Å². The van der Waals surface area contributed by atoms with Crippen LogP contribution in [0.25, 0.3) is 60.9 Å². The fraction of sp³-hybridized carbons (Fsp3) is 0.0270. The molecule has 5 aromatic carbocycles. The number of aromatic nitrogens is 2. The summed E-state index contributed by atoms with van der Waals surface area (Å²) in [5.74, 6) is 0. The van der Waals surface area contributed by atoms with Gasteiger partial charge in [0.05, 0.1) is 28.4 Å². The topological polar surface area (TPSA) is 41.6 Å². The van der Waals surface area contributed by atoms with E-state index in [-0.39, 0.29) is 0 Å². The summed E-state index contributed by atoms with van der Waals surface area (Å²) in [5.41, 5.74) is 11.4. The van der Waals surface area contributed by atoms with Crippen LogP contribution in [0.2, 0.25) is 0 Å². The Hall–Kier alpha value is -5.46. The molecule has 3 nitrogen and oxygen atoms in total. The number of nitriles is 1. The fourth-order valence-electron chi connectivity index (χ4n) is 5.80. The first-order chi connectivity index (χ1) is 19.7. The largest absolute Gasteiger partial charge is 0.308 e. The van der Waals surface area contributed by atoms with Crippen molar-refractivity contribution in [3.63, 3.8) is 0 Å². The number of para-hydroxylation sites is 2. The maximum absolute atomic E-state index is 10.3. The molecule has 2 aromatic heterocycles.